The number of hydrogen-bond acceptors (Lipinski definition) is 5. The van der Waals surface area contributed by atoms with Crippen LogP contribution in [-0.4, -0.2) is 37.4 Å². The maximum Gasteiger partial charge on any atom is 0.305 e. The highest BCUT2D eigenvalue weighted by atomic mass is 16.7. The molecule has 0 amide bonds. The molecule has 0 radical (unpaired) electrons. The molecule has 0 aromatic rings. The monoisotopic (exact) mass is 438 g/mol. The molecule has 0 saturated heterocycles. The second-order valence-electron chi connectivity index (χ2n) is 8.53. The van der Waals surface area contributed by atoms with Crippen LogP contribution in [-0.2, 0) is 23.8 Å². The van der Waals surface area contributed by atoms with Crippen molar-refractivity contribution in [3.63, 3.8) is 0 Å². The van der Waals surface area contributed by atoms with Crippen molar-refractivity contribution in [1.82, 2.24) is 0 Å². The summed E-state index contributed by atoms with van der Waals surface area (Å²) in [5.41, 5.74) is 0. The first-order valence-corrected chi connectivity index (χ1v) is 12.7. The van der Waals surface area contributed by atoms with Gasteiger partial charge in [0.2, 0.25) is 0 Å². The zero-order valence-corrected chi connectivity index (χ0v) is 20.5. The number of esters is 1. The van der Waals surface area contributed by atoms with Gasteiger partial charge in [0.25, 0.3) is 0 Å². The van der Waals surface area contributed by atoms with Crippen molar-refractivity contribution in [2.75, 3.05) is 19.8 Å². The summed E-state index contributed by atoms with van der Waals surface area (Å²) in [6.07, 6.45) is 15.2. The molecule has 1 rings (SSSR count). The molecule has 2 atom stereocenters. The fraction of sp³-hybridized carbons (Fsp3) is 0.846. The Morgan fingerprint density at radius 2 is 1.55 bits per heavy atom. The predicted octanol–water partition coefficient (Wildman–Crippen LogP) is 6.39. The van der Waals surface area contributed by atoms with E-state index in [4.69, 9.17) is 14.2 Å². The number of ether oxygens (including phenoxy) is 3. The van der Waals surface area contributed by atoms with Gasteiger partial charge in [-0.15, -0.1) is 0 Å². The molecule has 31 heavy (non-hydrogen) atoms. The third-order valence-corrected chi connectivity index (χ3v) is 6.19. The lowest BCUT2D eigenvalue weighted by atomic mass is 9.86. The van der Waals surface area contributed by atoms with E-state index in [2.05, 4.69) is 13.0 Å². The highest BCUT2D eigenvalue weighted by molar-refractivity contribution is 5.89. The molecule has 0 aliphatic heterocycles. The second-order valence-corrected chi connectivity index (χ2v) is 8.53. The SMILES string of the molecule is CCCCCC(=O)C=C[C@H]1CCC(OCC)(OCC)[C@@H]1CCCCCCC(=O)OCC. The molecular weight excluding hydrogens is 392 g/mol. The van der Waals surface area contributed by atoms with Gasteiger partial charge in [-0.1, -0.05) is 45.1 Å². The second kappa shape index (κ2) is 16.4. The molecule has 1 aliphatic rings. The van der Waals surface area contributed by atoms with Crippen molar-refractivity contribution < 1.29 is 23.8 Å². The van der Waals surface area contributed by atoms with Gasteiger partial charge in [-0.3, -0.25) is 9.59 Å². The van der Waals surface area contributed by atoms with E-state index in [-0.39, 0.29) is 17.7 Å². The van der Waals surface area contributed by atoms with Crippen LogP contribution in [0.2, 0.25) is 0 Å². The van der Waals surface area contributed by atoms with Gasteiger partial charge < -0.3 is 14.2 Å². The Labute approximate surface area is 190 Å². The van der Waals surface area contributed by atoms with E-state index in [1.165, 1.54) is 0 Å². The molecule has 0 aromatic carbocycles. The normalized spacial score (nSPS) is 20.4. The van der Waals surface area contributed by atoms with Crippen molar-refractivity contribution >= 4 is 11.8 Å². The van der Waals surface area contributed by atoms with Crippen LogP contribution in [0.3, 0.4) is 0 Å². The van der Waals surface area contributed by atoms with Crippen molar-refractivity contribution in [2.24, 2.45) is 11.8 Å². The Morgan fingerprint density at radius 1 is 0.871 bits per heavy atom. The number of allylic oxidation sites excluding steroid dienone is 2. The standard InChI is InChI=1S/C26H46O5/c1-5-9-12-15-23(27)19-18-22-20-21-26(30-7-3,31-8-4)24(22)16-13-10-11-14-17-25(28)29-6-2/h18-19,22,24H,5-17,20-21H2,1-4H3/t22-,24+/m0/s1. The lowest BCUT2D eigenvalue weighted by Crippen LogP contribution is -2.41. The minimum Gasteiger partial charge on any atom is -0.466 e. The number of ketones is 1. The first kappa shape index (κ1) is 27.8. The van der Waals surface area contributed by atoms with E-state index in [1.807, 2.05) is 20.8 Å². The van der Waals surface area contributed by atoms with Gasteiger partial charge in [-0.2, -0.15) is 0 Å². The van der Waals surface area contributed by atoms with Gasteiger partial charge >= 0.3 is 5.97 Å². The van der Waals surface area contributed by atoms with Crippen LogP contribution < -0.4 is 0 Å². The number of rotatable bonds is 18. The minimum atomic E-state index is -0.533. The van der Waals surface area contributed by atoms with Gasteiger partial charge in [0.15, 0.2) is 11.6 Å². The van der Waals surface area contributed by atoms with Gasteiger partial charge in [-0.05, 0) is 58.4 Å². The van der Waals surface area contributed by atoms with Crippen LogP contribution in [0, 0.1) is 11.8 Å². The number of hydrogen-bond donors (Lipinski definition) is 0. The smallest absolute Gasteiger partial charge is 0.305 e. The molecular formula is C26H46O5. The molecule has 180 valence electrons. The first-order valence-electron chi connectivity index (χ1n) is 12.7. The molecule has 1 aliphatic carbocycles. The van der Waals surface area contributed by atoms with Crippen molar-refractivity contribution in [2.45, 2.75) is 111 Å². The molecule has 0 aromatic heterocycles. The van der Waals surface area contributed by atoms with E-state index in [0.717, 1.165) is 64.2 Å². The zero-order valence-electron chi connectivity index (χ0n) is 20.5. The zero-order chi connectivity index (χ0) is 23.0. The minimum absolute atomic E-state index is 0.0983. The van der Waals surface area contributed by atoms with Crippen LogP contribution in [0.25, 0.3) is 0 Å². The fourth-order valence-electron chi connectivity index (χ4n) is 4.72. The highest BCUT2D eigenvalue weighted by Gasteiger charge is 2.48. The fourth-order valence-corrected chi connectivity index (χ4v) is 4.72. The topological polar surface area (TPSA) is 61.8 Å². The molecule has 0 unspecified atom stereocenters. The summed E-state index contributed by atoms with van der Waals surface area (Å²) in [6.45, 7) is 9.74. The van der Waals surface area contributed by atoms with Crippen molar-refractivity contribution in [3.05, 3.63) is 12.2 Å². The summed E-state index contributed by atoms with van der Waals surface area (Å²) in [5.74, 6) is 0.175. The number of unbranched alkanes of at least 4 members (excludes halogenated alkanes) is 5. The Hall–Kier alpha value is -1.20. The van der Waals surface area contributed by atoms with E-state index in [0.29, 0.717) is 38.6 Å². The Balaban J connectivity index is 2.64. The average Bonchev–Trinajstić information content (AvgIpc) is 3.07. The van der Waals surface area contributed by atoms with E-state index >= 15 is 0 Å². The highest BCUT2D eigenvalue weighted by Crippen LogP contribution is 2.47. The first-order chi connectivity index (χ1) is 15.0. The van der Waals surface area contributed by atoms with Crippen molar-refractivity contribution in [3.8, 4) is 0 Å². The Bertz CT molecular complexity index is 522. The molecule has 0 N–H and O–H groups in total. The lowest BCUT2D eigenvalue weighted by Gasteiger charge is -2.36. The van der Waals surface area contributed by atoms with Gasteiger partial charge in [0.05, 0.1) is 6.61 Å². The van der Waals surface area contributed by atoms with Crippen LogP contribution in [0.5, 0.6) is 0 Å². The number of carbonyl (C=O) groups excluding carboxylic acids is 2. The van der Waals surface area contributed by atoms with Crippen LogP contribution in [0.4, 0.5) is 0 Å². The molecule has 5 nitrogen and oxygen atoms in total. The molecule has 0 spiro atoms. The maximum atomic E-state index is 12.2. The van der Waals surface area contributed by atoms with Crippen LogP contribution >= 0.6 is 0 Å². The summed E-state index contributed by atoms with van der Waals surface area (Å²) >= 11 is 0. The Kier molecular flexibility index (Phi) is 14.8. The Morgan fingerprint density at radius 3 is 2.19 bits per heavy atom. The predicted molar refractivity (Wildman–Crippen MR) is 125 cm³/mol. The third-order valence-electron chi connectivity index (χ3n) is 6.19. The molecule has 5 heteroatoms. The van der Waals surface area contributed by atoms with E-state index in [9.17, 15) is 9.59 Å². The summed E-state index contributed by atoms with van der Waals surface area (Å²) in [6, 6.07) is 0. The molecule has 0 heterocycles. The van der Waals surface area contributed by atoms with E-state index in [1.54, 1.807) is 6.08 Å². The van der Waals surface area contributed by atoms with Crippen LogP contribution in [0.1, 0.15) is 105 Å². The molecule has 1 fully saturated rings. The average molecular weight is 439 g/mol. The van der Waals surface area contributed by atoms with E-state index < -0.39 is 5.79 Å². The molecule has 0 bridgehead atoms. The maximum absolute atomic E-state index is 12.2. The quantitative estimate of drug-likeness (QED) is 0.107. The van der Waals surface area contributed by atoms with Gasteiger partial charge in [0, 0.05) is 38.4 Å². The summed E-state index contributed by atoms with van der Waals surface area (Å²) in [7, 11) is 0. The third kappa shape index (κ3) is 10.3. The largest absolute Gasteiger partial charge is 0.466 e. The summed E-state index contributed by atoms with van der Waals surface area (Å²) in [5, 5.41) is 0. The van der Waals surface area contributed by atoms with Gasteiger partial charge in [-0.25, -0.2) is 0 Å². The lowest BCUT2D eigenvalue weighted by molar-refractivity contribution is -0.256. The van der Waals surface area contributed by atoms with Crippen molar-refractivity contribution in [1.29, 1.82) is 0 Å². The van der Waals surface area contributed by atoms with Gasteiger partial charge in [0.1, 0.15) is 0 Å². The van der Waals surface area contributed by atoms with Crippen LogP contribution in [0.15, 0.2) is 12.2 Å². The number of carbonyl (C=O) groups is 2. The summed E-state index contributed by atoms with van der Waals surface area (Å²) in [4.78, 5) is 23.7. The summed E-state index contributed by atoms with van der Waals surface area (Å²) < 4.78 is 17.4. The molecule has 1 saturated carbocycles.